The van der Waals surface area contributed by atoms with Crippen molar-refractivity contribution in [2.75, 3.05) is 19.8 Å². The van der Waals surface area contributed by atoms with Gasteiger partial charge < -0.3 is 14.4 Å². The van der Waals surface area contributed by atoms with Gasteiger partial charge in [-0.25, -0.2) is 4.79 Å². The molecule has 1 amide bonds. The number of amides is 1. The van der Waals surface area contributed by atoms with Crippen molar-refractivity contribution in [3.05, 3.63) is 11.3 Å². The molecule has 1 saturated heterocycles. The number of carbonyl (C=O) groups is 1. The molecular weight excluding hydrogens is 281 g/mol. The molecule has 0 spiro atoms. The van der Waals surface area contributed by atoms with E-state index < -0.39 is 5.60 Å². The van der Waals surface area contributed by atoms with Gasteiger partial charge in [0.15, 0.2) is 7.85 Å². The van der Waals surface area contributed by atoms with Crippen molar-refractivity contribution < 1.29 is 14.3 Å². The predicted molar refractivity (Wildman–Crippen MR) is 85.2 cm³/mol. The van der Waals surface area contributed by atoms with Crippen LogP contribution in [0.25, 0.3) is 0 Å². The maximum absolute atomic E-state index is 12.3. The highest BCUT2D eigenvalue weighted by Crippen LogP contribution is 2.25. The molecule has 0 aromatic carbocycles. The number of aromatic nitrogens is 2. The van der Waals surface area contributed by atoms with Crippen molar-refractivity contribution in [2.24, 2.45) is 0 Å². The van der Waals surface area contributed by atoms with E-state index in [1.165, 1.54) is 11.3 Å². The SMILES string of the molecule is Bc1nn([C@H]2CCOC2)c2c1CN(C(=O)OC(C)(C)C)CC2. The van der Waals surface area contributed by atoms with Crippen LogP contribution in [-0.4, -0.2) is 54.0 Å². The highest BCUT2D eigenvalue weighted by atomic mass is 16.6. The first-order chi connectivity index (χ1) is 10.3. The number of rotatable bonds is 1. The summed E-state index contributed by atoms with van der Waals surface area (Å²) in [6.45, 7) is 8.49. The lowest BCUT2D eigenvalue weighted by Crippen LogP contribution is -2.41. The van der Waals surface area contributed by atoms with Gasteiger partial charge in [0, 0.05) is 36.4 Å². The van der Waals surface area contributed by atoms with Gasteiger partial charge in [-0.05, 0) is 27.2 Å². The first-order valence-corrected chi connectivity index (χ1v) is 7.97. The molecule has 0 radical (unpaired) electrons. The predicted octanol–water partition coefficient (Wildman–Crippen LogP) is 0.396. The van der Waals surface area contributed by atoms with E-state index in [4.69, 9.17) is 14.6 Å². The summed E-state index contributed by atoms with van der Waals surface area (Å²) in [4.78, 5) is 14.0. The van der Waals surface area contributed by atoms with Crippen LogP contribution in [0, 0.1) is 0 Å². The minimum absolute atomic E-state index is 0.241. The van der Waals surface area contributed by atoms with Gasteiger partial charge in [-0.3, -0.25) is 4.68 Å². The molecule has 3 heterocycles. The zero-order chi connectivity index (χ0) is 15.9. The molecule has 120 valence electrons. The minimum Gasteiger partial charge on any atom is -0.444 e. The summed E-state index contributed by atoms with van der Waals surface area (Å²) < 4.78 is 13.1. The lowest BCUT2D eigenvalue weighted by Gasteiger charge is -2.30. The van der Waals surface area contributed by atoms with E-state index in [0.717, 1.165) is 31.6 Å². The van der Waals surface area contributed by atoms with Crippen LogP contribution < -0.4 is 5.59 Å². The highest BCUT2D eigenvalue weighted by molar-refractivity contribution is 6.31. The van der Waals surface area contributed by atoms with Crippen LogP contribution in [-0.2, 0) is 22.4 Å². The van der Waals surface area contributed by atoms with Crippen LogP contribution in [0.2, 0.25) is 0 Å². The summed E-state index contributed by atoms with van der Waals surface area (Å²) in [5.74, 6) is 0. The summed E-state index contributed by atoms with van der Waals surface area (Å²) in [5, 5.41) is 4.70. The Kier molecular flexibility index (Phi) is 3.93. The van der Waals surface area contributed by atoms with Gasteiger partial charge in [-0.1, -0.05) is 0 Å². The largest absolute Gasteiger partial charge is 0.444 e. The second kappa shape index (κ2) is 5.61. The van der Waals surface area contributed by atoms with Gasteiger partial charge in [0.2, 0.25) is 0 Å². The summed E-state index contributed by atoms with van der Waals surface area (Å²) in [6, 6.07) is 0.343. The summed E-state index contributed by atoms with van der Waals surface area (Å²) >= 11 is 0. The number of hydrogen-bond donors (Lipinski definition) is 0. The average Bonchev–Trinajstić information content (AvgIpc) is 3.05. The molecule has 1 fully saturated rings. The summed E-state index contributed by atoms with van der Waals surface area (Å²) in [6.07, 6.45) is 1.60. The Morgan fingerprint density at radius 3 is 2.86 bits per heavy atom. The standard InChI is InChI=1S/C15H24BN3O3/c1-15(2,3)22-14(20)18-6-4-12-11(8-18)13(16)17-19(12)10-5-7-21-9-10/h10H,4-9,16H2,1-3H3/t10-/m0/s1. The molecule has 1 atom stereocenters. The fourth-order valence-electron chi connectivity index (χ4n) is 3.11. The molecule has 0 aliphatic carbocycles. The van der Waals surface area contributed by atoms with Crippen LogP contribution in [0.4, 0.5) is 4.79 Å². The number of nitrogens with zero attached hydrogens (tertiary/aromatic N) is 3. The van der Waals surface area contributed by atoms with E-state index in [1.54, 1.807) is 4.90 Å². The van der Waals surface area contributed by atoms with Crippen molar-refractivity contribution in [3.63, 3.8) is 0 Å². The second-order valence-corrected chi connectivity index (χ2v) is 7.12. The number of ether oxygens (including phenoxy) is 2. The molecule has 1 aromatic heterocycles. The molecule has 6 nitrogen and oxygen atoms in total. The number of hydrogen-bond acceptors (Lipinski definition) is 4. The van der Waals surface area contributed by atoms with Crippen molar-refractivity contribution >= 4 is 19.5 Å². The molecule has 2 aliphatic heterocycles. The lowest BCUT2D eigenvalue weighted by molar-refractivity contribution is 0.0222. The third-order valence-electron chi connectivity index (χ3n) is 4.19. The lowest BCUT2D eigenvalue weighted by atomic mass is 9.94. The Hall–Kier alpha value is -1.50. The molecule has 1 aromatic rings. The van der Waals surface area contributed by atoms with Crippen molar-refractivity contribution in [1.29, 1.82) is 0 Å². The van der Waals surface area contributed by atoms with Gasteiger partial charge in [-0.15, -0.1) is 0 Å². The molecule has 0 N–H and O–H groups in total. The molecule has 3 rings (SSSR count). The Bertz CT molecular complexity index is 573. The van der Waals surface area contributed by atoms with Crippen LogP contribution in [0.15, 0.2) is 0 Å². The zero-order valence-corrected chi connectivity index (χ0v) is 13.9. The van der Waals surface area contributed by atoms with Crippen molar-refractivity contribution in [3.8, 4) is 0 Å². The molecule has 2 aliphatic rings. The quantitative estimate of drug-likeness (QED) is 0.705. The van der Waals surface area contributed by atoms with Gasteiger partial charge in [0.25, 0.3) is 0 Å². The summed E-state index contributed by atoms with van der Waals surface area (Å²) in [5.41, 5.74) is 2.98. The van der Waals surface area contributed by atoms with Crippen molar-refractivity contribution in [2.45, 2.75) is 51.8 Å². The topological polar surface area (TPSA) is 56.6 Å². The van der Waals surface area contributed by atoms with E-state index in [2.05, 4.69) is 4.68 Å². The summed E-state index contributed by atoms with van der Waals surface area (Å²) in [7, 11) is 2.02. The van der Waals surface area contributed by atoms with Gasteiger partial charge in [0.1, 0.15) is 5.60 Å². The van der Waals surface area contributed by atoms with Crippen LogP contribution in [0.3, 0.4) is 0 Å². The second-order valence-electron chi connectivity index (χ2n) is 7.12. The van der Waals surface area contributed by atoms with E-state index >= 15 is 0 Å². The fraction of sp³-hybridized carbons (Fsp3) is 0.733. The monoisotopic (exact) mass is 305 g/mol. The highest BCUT2D eigenvalue weighted by Gasteiger charge is 2.31. The molecular formula is C15H24BN3O3. The molecule has 0 bridgehead atoms. The molecule has 7 heteroatoms. The van der Waals surface area contributed by atoms with Gasteiger partial charge in [-0.2, -0.15) is 5.10 Å². The minimum atomic E-state index is -0.461. The van der Waals surface area contributed by atoms with E-state index in [-0.39, 0.29) is 6.09 Å². The van der Waals surface area contributed by atoms with E-state index in [0.29, 0.717) is 19.1 Å². The molecule has 0 saturated carbocycles. The third kappa shape index (κ3) is 3.00. The first-order valence-electron chi connectivity index (χ1n) is 7.97. The normalized spacial score (nSPS) is 21.8. The average molecular weight is 305 g/mol. The Morgan fingerprint density at radius 1 is 1.45 bits per heavy atom. The van der Waals surface area contributed by atoms with Gasteiger partial charge in [0.05, 0.1) is 19.2 Å². The Morgan fingerprint density at radius 2 is 2.23 bits per heavy atom. The maximum Gasteiger partial charge on any atom is 0.410 e. The zero-order valence-electron chi connectivity index (χ0n) is 13.9. The molecule has 22 heavy (non-hydrogen) atoms. The van der Waals surface area contributed by atoms with Crippen LogP contribution in [0.5, 0.6) is 0 Å². The Balaban J connectivity index is 1.77. The van der Waals surface area contributed by atoms with E-state index in [9.17, 15) is 4.79 Å². The number of fused-ring (bicyclic) bond motifs is 1. The number of carbonyl (C=O) groups excluding carboxylic acids is 1. The van der Waals surface area contributed by atoms with Crippen molar-refractivity contribution in [1.82, 2.24) is 14.7 Å². The fourth-order valence-corrected chi connectivity index (χ4v) is 3.11. The first kappa shape index (κ1) is 15.4. The Labute approximate surface area is 132 Å². The van der Waals surface area contributed by atoms with Crippen LogP contribution in [0.1, 0.15) is 44.5 Å². The molecule has 0 unspecified atom stereocenters. The maximum atomic E-state index is 12.3. The van der Waals surface area contributed by atoms with Gasteiger partial charge >= 0.3 is 6.09 Å². The third-order valence-corrected chi connectivity index (χ3v) is 4.19. The van der Waals surface area contributed by atoms with Crippen LogP contribution >= 0.6 is 0 Å². The smallest absolute Gasteiger partial charge is 0.410 e. The van der Waals surface area contributed by atoms with E-state index in [1.807, 2.05) is 28.6 Å².